The summed E-state index contributed by atoms with van der Waals surface area (Å²) in [6.45, 7) is 6.52. The number of anilines is 1. The Morgan fingerprint density at radius 1 is 1.35 bits per heavy atom. The Hall–Kier alpha value is -1.51. The molecule has 94 valence electrons. The van der Waals surface area contributed by atoms with Gasteiger partial charge in [0, 0.05) is 11.7 Å². The van der Waals surface area contributed by atoms with E-state index in [9.17, 15) is 4.79 Å². The van der Waals surface area contributed by atoms with Crippen LogP contribution in [0.25, 0.3) is 0 Å². The van der Waals surface area contributed by atoms with Crippen molar-refractivity contribution in [1.29, 1.82) is 0 Å². The number of hydrogen-bond donors (Lipinski definition) is 2. The zero-order valence-electron chi connectivity index (χ0n) is 10.9. The van der Waals surface area contributed by atoms with Crippen molar-refractivity contribution < 1.29 is 4.79 Å². The molecule has 0 saturated heterocycles. The molecule has 0 spiro atoms. The van der Waals surface area contributed by atoms with Gasteiger partial charge in [0.05, 0.1) is 6.54 Å². The van der Waals surface area contributed by atoms with Gasteiger partial charge in [-0.2, -0.15) is 0 Å². The summed E-state index contributed by atoms with van der Waals surface area (Å²) in [5.74, 6) is 0.0428. The highest BCUT2D eigenvalue weighted by Gasteiger charge is 2.04. The van der Waals surface area contributed by atoms with Crippen LogP contribution in [0.1, 0.15) is 32.8 Å². The maximum absolute atomic E-state index is 11.6. The van der Waals surface area contributed by atoms with Gasteiger partial charge in [-0.15, -0.1) is 0 Å². The Morgan fingerprint density at radius 3 is 2.76 bits per heavy atom. The third kappa shape index (κ3) is 4.89. The lowest BCUT2D eigenvalue weighted by Crippen LogP contribution is -2.36. The molecule has 0 aromatic heterocycles. The highest BCUT2D eigenvalue weighted by molar-refractivity contribution is 5.80. The summed E-state index contributed by atoms with van der Waals surface area (Å²) >= 11 is 0. The third-order valence-corrected chi connectivity index (χ3v) is 2.81. The topological polar surface area (TPSA) is 41.1 Å². The first-order valence-corrected chi connectivity index (χ1v) is 6.27. The molecule has 0 aliphatic heterocycles. The van der Waals surface area contributed by atoms with Crippen LogP contribution in [0, 0.1) is 0 Å². The fourth-order valence-electron chi connectivity index (χ4n) is 1.51. The number of carbonyl (C=O) groups excluding carboxylic acids is 1. The number of carbonyl (C=O) groups is 1. The van der Waals surface area contributed by atoms with Crippen LogP contribution in [-0.2, 0) is 11.2 Å². The molecule has 1 aromatic rings. The molecule has 0 fully saturated rings. The van der Waals surface area contributed by atoms with Crippen LogP contribution in [0.2, 0.25) is 0 Å². The average Bonchev–Trinajstić information content (AvgIpc) is 2.36. The molecule has 1 atom stereocenters. The second-order valence-corrected chi connectivity index (χ2v) is 4.28. The van der Waals surface area contributed by atoms with Gasteiger partial charge in [0.25, 0.3) is 0 Å². The van der Waals surface area contributed by atoms with Gasteiger partial charge < -0.3 is 10.6 Å². The molecule has 3 nitrogen and oxygen atoms in total. The number of aryl methyl sites for hydroxylation is 1. The largest absolute Gasteiger partial charge is 0.376 e. The highest BCUT2D eigenvalue weighted by Crippen LogP contribution is 2.10. The lowest BCUT2D eigenvalue weighted by Gasteiger charge is -2.12. The Labute approximate surface area is 104 Å². The quantitative estimate of drug-likeness (QED) is 0.794. The minimum absolute atomic E-state index is 0.0428. The van der Waals surface area contributed by atoms with Gasteiger partial charge in [0.15, 0.2) is 0 Å². The minimum Gasteiger partial charge on any atom is -0.376 e. The predicted molar refractivity (Wildman–Crippen MR) is 72.2 cm³/mol. The van der Waals surface area contributed by atoms with Gasteiger partial charge in [-0.1, -0.05) is 26.0 Å². The fraction of sp³-hybridized carbons (Fsp3) is 0.500. The normalized spacial score (nSPS) is 11.9. The molecule has 0 heterocycles. The zero-order chi connectivity index (χ0) is 12.7. The van der Waals surface area contributed by atoms with Crippen molar-refractivity contribution in [2.75, 3.05) is 11.9 Å². The number of amides is 1. The van der Waals surface area contributed by atoms with Gasteiger partial charge in [-0.25, -0.2) is 0 Å². The number of rotatable bonds is 6. The van der Waals surface area contributed by atoms with Crippen molar-refractivity contribution >= 4 is 11.6 Å². The van der Waals surface area contributed by atoms with E-state index in [-0.39, 0.29) is 11.9 Å². The van der Waals surface area contributed by atoms with Crippen molar-refractivity contribution in [2.24, 2.45) is 0 Å². The smallest absolute Gasteiger partial charge is 0.239 e. The van der Waals surface area contributed by atoms with Crippen LogP contribution >= 0.6 is 0 Å². The van der Waals surface area contributed by atoms with E-state index in [0.29, 0.717) is 6.54 Å². The van der Waals surface area contributed by atoms with Crippen molar-refractivity contribution in [3.05, 3.63) is 29.8 Å². The summed E-state index contributed by atoms with van der Waals surface area (Å²) in [7, 11) is 0. The number of nitrogens with one attached hydrogen (secondary N) is 2. The van der Waals surface area contributed by atoms with Gasteiger partial charge in [0.2, 0.25) is 5.91 Å². The first-order chi connectivity index (χ1) is 8.15. The van der Waals surface area contributed by atoms with Gasteiger partial charge >= 0.3 is 0 Å². The van der Waals surface area contributed by atoms with Crippen molar-refractivity contribution in [1.82, 2.24) is 5.32 Å². The van der Waals surface area contributed by atoms with Crippen LogP contribution in [0.3, 0.4) is 0 Å². The molecule has 0 aliphatic carbocycles. The first-order valence-electron chi connectivity index (χ1n) is 6.27. The molecule has 3 heteroatoms. The molecular formula is C14H22N2O. The lowest BCUT2D eigenvalue weighted by molar-refractivity contribution is -0.120. The Bertz CT molecular complexity index is 363. The lowest BCUT2D eigenvalue weighted by atomic mass is 10.1. The first kappa shape index (κ1) is 13.6. The van der Waals surface area contributed by atoms with Gasteiger partial charge in [-0.05, 0) is 37.5 Å². The van der Waals surface area contributed by atoms with E-state index in [1.54, 1.807) is 0 Å². The van der Waals surface area contributed by atoms with E-state index in [4.69, 9.17) is 0 Å². The van der Waals surface area contributed by atoms with Crippen molar-refractivity contribution in [3.8, 4) is 0 Å². The minimum atomic E-state index is 0.0428. The zero-order valence-corrected chi connectivity index (χ0v) is 10.9. The van der Waals surface area contributed by atoms with E-state index in [1.807, 2.05) is 19.1 Å². The van der Waals surface area contributed by atoms with E-state index in [1.165, 1.54) is 5.56 Å². The molecule has 1 unspecified atom stereocenters. The maximum atomic E-state index is 11.6. The Morgan fingerprint density at radius 2 is 2.12 bits per heavy atom. The van der Waals surface area contributed by atoms with E-state index in [2.05, 4.69) is 36.6 Å². The molecule has 0 aliphatic rings. The highest BCUT2D eigenvalue weighted by atomic mass is 16.1. The van der Waals surface area contributed by atoms with Crippen LogP contribution in [-0.4, -0.2) is 18.5 Å². The van der Waals surface area contributed by atoms with E-state index in [0.717, 1.165) is 18.5 Å². The SMILES string of the molecule is CCc1cccc(NCC(=O)NC(C)CC)c1. The fourth-order valence-corrected chi connectivity index (χ4v) is 1.51. The monoisotopic (exact) mass is 234 g/mol. The second-order valence-electron chi connectivity index (χ2n) is 4.28. The number of benzene rings is 1. The molecular weight excluding hydrogens is 212 g/mol. The molecule has 0 bridgehead atoms. The molecule has 0 radical (unpaired) electrons. The molecule has 1 rings (SSSR count). The predicted octanol–water partition coefficient (Wildman–Crippen LogP) is 2.58. The molecule has 0 saturated carbocycles. The molecule has 17 heavy (non-hydrogen) atoms. The van der Waals surface area contributed by atoms with Crippen LogP contribution in [0.4, 0.5) is 5.69 Å². The average molecular weight is 234 g/mol. The Balaban J connectivity index is 2.41. The van der Waals surface area contributed by atoms with Crippen molar-refractivity contribution in [2.45, 2.75) is 39.7 Å². The van der Waals surface area contributed by atoms with Crippen molar-refractivity contribution in [3.63, 3.8) is 0 Å². The van der Waals surface area contributed by atoms with E-state index >= 15 is 0 Å². The van der Waals surface area contributed by atoms with Crippen LogP contribution in [0.5, 0.6) is 0 Å². The Kier molecular flexibility index (Phi) is 5.53. The summed E-state index contributed by atoms with van der Waals surface area (Å²) in [4.78, 5) is 11.6. The van der Waals surface area contributed by atoms with Crippen LogP contribution < -0.4 is 10.6 Å². The van der Waals surface area contributed by atoms with Gasteiger partial charge in [-0.3, -0.25) is 4.79 Å². The third-order valence-electron chi connectivity index (χ3n) is 2.81. The van der Waals surface area contributed by atoms with Crippen LogP contribution in [0.15, 0.2) is 24.3 Å². The summed E-state index contributed by atoms with van der Waals surface area (Å²) in [5, 5.41) is 6.06. The number of hydrogen-bond acceptors (Lipinski definition) is 2. The molecule has 1 aromatic carbocycles. The molecule has 1 amide bonds. The molecule has 2 N–H and O–H groups in total. The van der Waals surface area contributed by atoms with E-state index < -0.39 is 0 Å². The summed E-state index contributed by atoms with van der Waals surface area (Å²) in [6.07, 6.45) is 1.96. The standard InChI is InChI=1S/C14H22N2O/c1-4-11(3)16-14(17)10-15-13-8-6-7-12(5-2)9-13/h6-9,11,15H,4-5,10H2,1-3H3,(H,16,17). The van der Waals surface area contributed by atoms with Gasteiger partial charge in [0.1, 0.15) is 0 Å². The second kappa shape index (κ2) is 6.94. The summed E-state index contributed by atoms with van der Waals surface area (Å²) < 4.78 is 0. The maximum Gasteiger partial charge on any atom is 0.239 e. The summed E-state index contributed by atoms with van der Waals surface area (Å²) in [5.41, 5.74) is 2.28. The summed E-state index contributed by atoms with van der Waals surface area (Å²) in [6, 6.07) is 8.40.